The lowest BCUT2D eigenvalue weighted by Gasteiger charge is -2.47. The topological polar surface area (TPSA) is 40.4 Å². The lowest BCUT2D eigenvalue weighted by atomic mass is 9.78. The summed E-state index contributed by atoms with van der Waals surface area (Å²) in [5.41, 5.74) is 2.08. The predicted octanol–water partition coefficient (Wildman–Crippen LogP) is 2.66. The molecule has 1 atom stereocenters. The fraction of sp³-hybridized carbons (Fsp3) is 0.636. The van der Waals surface area contributed by atoms with E-state index < -0.39 is 6.67 Å². The van der Waals surface area contributed by atoms with Crippen LogP contribution in [0.2, 0.25) is 0 Å². The second-order valence-electron chi connectivity index (χ2n) is 9.30. The van der Waals surface area contributed by atoms with Crippen LogP contribution in [0.5, 0.6) is 0 Å². The van der Waals surface area contributed by atoms with Crippen LogP contribution in [0.3, 0.4) is 0 Å². The van der Waals surface area contributed by atoms with Crippen LogP contribution in [-0.2, 0) is 6.54 Å². The molecule has 1 saturated carbocycles. The van der Waals surface area contributed by atoms with Crippen LogP contribution in [0.1, 0.15) is 19.3 Å². The number of aromatic nitrogens is 3. The van der Waals surface area contributed by atoms with Crippen molar-refractivity contribution in [1.29, 1.82) is 0 Å². The smallest absolute Gasteiger partial charge is 0.142 e. The number of hydrogen-bond acceptors (Lipinski definition) is 5. The third-order valence-corrected chi connectivity index (χ3v) is 7.11. The number of nitrogens with zero attached hydrogens (tertiary/aromatic N) is 6. The number of likely N-dealkylation sites (tertiary alicyclic amines) is 1. The normalized spacial score (nSPS) is 24.5. The van der Waals surface area contributed by atoms with Crippen molar-refractivity contribution in [3.8, 4) is 11.1 Å². The Balaban J connectivity index is 1.27. The predicted molar refractivity (Wildman–Crippen MR) is 113 cm³/mol. The average molecular weight is 417 g/mol. The van der Waals surface area contributed by atoms with Gasteiger partial charge in [0.05, 0.1) is 18.9 Å². The first-order valence-electron chi connectivity index (χ1n) is 11.0. The third kappa shape index (κ3) is 3.71. The van der Waals surface area contributed by atoms with Gasteiger partial charge in [-0.3, -0.25) is 9.58 Å². The van der Waals surface area contributed by atoms with Gasteiger partial charge in [-0.05, 0) is 37.8 Å². The van der Waals surface area contributed by atoms with Crippen molar-refractivity contribution in [2.75, 3.05) is 57.9 Å². The molecule has 3 aliphatic rings. The molecule has 1 unspecified atom stereocenters. The molecule has 0 radical (unpaired) electrons. The fourth-order valence-corrected chi connectivity index (χ4v) is 5.78. The number of alkyl halides is 1. The molecule has 0 N–H and O–H groups in total. The van der Waals surface area contributed by atoms with E-state index in [1.165, 1.54) is 44.6 Å². The zero-order chi connectivity index (χ0) is 20.7. The first-order chi connectivity index (χ1) is 14.5. The van der Waals surface area contributed by atoms with Gasteiger partial charge >= 0.3 is 0 Å². The summed E-state index contributed by atoms with van der Waals surface area (Å²) in [5, 5.41) is 4.19. The zero-order valence-electron chi connectivity index (χ0n) is 17.6. The molecule has 0 aromatic carbocycles. The van der Waals surface area contributed by atoms with Crippen LogP contribution >= 0.6 is 0 Å². The molecule has 3 fully saturated rings. The third-order valence-electron chi connectivity index (χ3n) is 7.11. The Morgan fingerprint density at radius 1 is 1.17 bits per heavy atom. The van der Waals surface area contributed by atoms with Gasteiger partial charge in [-0.15, -0.1) is 0 Å². The lowest BCUT2D eigenvalue weighted by Crippen LogP contribution is -2.54. The molecular weight excluding hydrogens is 386 g/mol. The second-order valence-corrected chi connectivity index (χ2v) is 9.30. The first kappa shape index (κ1) is 19.9. The molecule has 6 nitrogen and oxygen atoms in total. The van der Waals surface area contributed by atoms with Crippen molar-refractivity contribution >= 4 is 5.82 Å². The van der Waals surface area contributed by atoms with E-state index in [2.05, 4.69) is 31.8 Å². The minimum Gasteiger partial charge on any atom is -0.354 e. The summed E-state index contributed by atoms with van der Waals surface area (Å²) in [6.45, 7) is 6.02. The number of aryl methyl sites for hydroxylation is 1. The molecule has 8 heteroatoms. The molecule has 0 amide bonds. The lowest BCUT2D eigenvalue weighted by molar-refractivity contribution is 0.0204. The van der Waals surface area contributed by atoms with Crippen LogP contribution in [0.25, 0.3) is 11.1 Å². The highest BCUT2D eigenvalue weighted by Gasteiger charge is 2.48. The first-order valence-corrected chi connectivity index (χ1v) is 11.0. The highest BCUT2D eigenvalue weighted by molar-refractivity contribution is 5.75. The van der Waals surface area contributed by atoms with Crippen molar-refractivity contribution in [2.45, 2.75) is 31.8 Å². The van der Waals surface area contributed by atoms with Gasteiger partial charge in [0.15, 0.2) is 0 Å². The van der Waals surface area contributed by atoms with Crippen molar-refractivity contribution in [3.63, 3.8) is 0 Å². The molecule has 0 bridgehead atoms. The molecule has 30 heavy (non-hydrogen) atoms. The Morgan fingerprint density at radius 2 is 1.97 bits per heavy atom. The van der Waals surface area contributed by atoms with Gasteiger partial charge in [-0.2, -0.15) is 5.10 Å². The minimum atomic E-state index is -0.476. The Hall–Kier alpha value is -2.06. The SMILES string of the molecule is CN1CC2(CCC(N3CCN(c4ncc(F)cc4-c4cnn(CCF)c4)CC3)C2)C1. The molecule has 5 rings (SSSR count). The zero-order valence-corrected chi connectivity index (χ0v) is 17.6. The van der Waals surface area contributed by atoms with Gasteiger partial charge in [0, 0.05) is 62.6 Å². The largest absolute Gasteiger partial charge is 0.354 e. The van der Waals surface area contributed by atoms with Crippen molar-refractivity contribution in [2.24, 2.45) is 5.41 Å². The molecule has 1 aliphatic carbocycles. The highest BCUT2D eigenvalue weighted by atomic mass is 19.1. The summed E-state index contributed by atoms with van der Waals surface area (Å²) in [5.74, 6) is 0.423. The Kier molecular flexibility index (Phi) is 5.23. The summed E-state index contributed by atoms with van der Waals surface area (Å²) < 4.78 is 28.2. The van der Waals surface area contributed by atoms with Gasteiger partial charge in [-0.1, -0.05) is 0 Å². The quantitative estimate of drug-likeness (QED) is 0.750. The van der Waals surface area contributed by atoms with E-state index in [0.717, 1.165) is 43.1 Å². The molecule has 2 aromatic heterocycles. The molecule has 1 spiro atoms. The molecule has 4 heterocycles. The van der Waals surface area contributed by atoms with Gasteiger partial charge in [0.2, 0.25) is 0 Å². The van der Waals surface area contributed by atoms with Gasteiger partial charge in [0.1, 0.15) is 18.3 Å². The number of pyridine rings is 1. The molecular formula is C22H30F2N6. The van der Waals surface area contributed by atoms with E-state index in [-0.39, 0.29) is 12.4 Å². The Bertz CT molecular complexity index is 886. The molecule has 2 aromatic rings. The second kappa shape index (κ2) is 7.89. The van der Waals surface area contributed by atoms with Crippen LogP contribution in [-0.4, -0.2) is 83.6 Å². The number of rotatable bonds is 5. The number of hydrogen-bond donors (Lipinski definition) is 0. The summed E-state index contributed by atoms with van der Waals surface area (Å²) in [7, 11) is 2.21. The van der Waals surface area contributed by atoms with Crippen molar-refractivity contribution in [1.82, 2.24) is 24.6 Å². The number of anilines is 1. The highest BCUT2D eigenvalue weighted by Crippen LogP contribution is 2.46. The Labute approximate surface area is 176 Å². The van der Waals surface area contributed by atoms with E-state index in [9.17, 15) is 8.78 Å². The van der Waals surface area contributed by atoms with E-state index in [4.69, 9.17) is 0 Å². The monoisotopic (exact) mass is 416 g/mol. The van der Waals surface area contributed by atoms with Crippen molar-refractivity contribution in [3.05, 3.63) is 30.5 Å². The van der Waals surface area contributed by atoms with Crippen LogP contribution < -0.4 is 4.90 Å². The summed E-state index contributed by atoms with van der Waals surface area (Å²) in [4.78, 5) is 11.7. The van der Waals surface area contributed by atoms with Crippen molar-refractivity contribution < 1.29 is 8.78 Å². The summed E-state index contributed by atoms with van der Waals surface area (Å²) in [6, 6.07) is 2.21. The minimum absolute atomic E-state index is 0.204. The standard InChI is InChI=1S/C22H30F2N6/c1-27-15-22(16-27)3-2-19(11-22)28-6-8-29(9-7-28)21-20(10-18(24)13-25-21)17-12-26-30(14-17)5-4-23/h10,12-14,19H,2-9,11,15-16H2,1H3. The number of halogens is 2. The van der Waals surface area contributed by atoms with Crippen LogP contribution in [0.4, 0.5) is 14.6 Å². The molecule has 2 saturated heterocycles. The fourth-order valence-electron chi connectivity index (χ4n) is 5.78. The molecule has 2 aliphatic heterocycles. The average Bonchev–Trinajstić information content (AvgIpc) is 3.36. The van der Waals surface area contributed by atoms with Crippen LogP contribution in [0.15, 0.2) is 24.7 Å². The summed E-state index contributed by atoms with van der Waals surface area (Å²) >= 11 is 0. The van der Waals surface area contributed by atoms with Crippen LogP contribution in [0, 0.1) is 11.2 Å². The van der Waals surface area contributed by atoms with E-state index in [1.54, 1.807) is 17.1 Å². The van der Waals surface area contributed by atoms with Gasteiger partial charge in [0.25, 0.3) is 0 Å². The van der Waals surface area contributed by atoms with E-state index >= 15 is 0 Å². The maximum Gasteiger partial charge on any atom is 0.142 e. The maximum atomic E-state index is 14.0. The molecule has 162 valence electrons. The maximum absolute atomic E-state index is 14.0. The summed E-state index contributed by atoms with van der Waals surface area (Å²) in [6.07, 6.45) is 8.70. The van der Waals surface area contributed by atoms with E-state index in [0.29, 0.717) is 11.5 Å². The van der Waals surface area contributed by atoms with E-state index in [1.807, 2.05) is 0 Å². The number of piperazine rings is 1. The Morgan fingerprint density at radius 3 is 2.70 bits per heavy atom. The van der Waals surface area contributed by atoms with Gasteiger partial charge < -0.3 is 9.80 Å². The van der Waals surface area contributed by atoms with Gasteiger partial charge in [-0.25, -0.2) is 13.8 Å².